The van der Waals surface area contributed by atoms with E-state index in [9.17, 15) is 4.79 Å². The quantitative estimate of drug-likeness (QED) is 0.740. The molecule has 0 unspecified atom stereocenters. The molecule has 7 heteroatoms. The highest BCUT2D eigenvalue weighted by Gasteiger charge is 2.30. The molecule has 3 N–H and O–H groups in total. The molecule has 1 amide bonds. The lowest BCUT2D eigenvalue weighted by molar-refractivity contribution is 0.102. The van der Waals surface area contributed by atoms with Crippen LogP contribution in [0.5, 0.6) is 0 Å². The molecule has 0 spiro atoms. The molecule has 3 heterocycles. The highest BCUT2D eigenvalue weighted by Crippen LogP contribution is 2.41. The molecular formula is C20H24N6O. The summed E-state index contributed by atoms with van der Waals surface area (Å²) >= 11 is 0. The predicted molar refractivity (Wildman–Crippen MR) is 106 cm³/mol. The minimum Gasteiger partial charge on any atom is -0.384 e. The number of carbonyl (C=O) groups excluding carboxylic acids is 1. The Bertz CT molecular complexity index is 1030. The summed E-state index contributed by atoms with van der Waals surface area (Å²) in [7, 11) is 0. The third-order valence-electron chi connectivity index (χ3n) is 4.75. The average Bonchev–Trinajstić information content (AvgIpc) is 3.39. The number of nitrogens with zero attached hydrogens (tertiary/aromatic N) is 4. The van der Waals surface area contributed by atoms with E-state index in [4.69, 9.17) is 10.7 Å². The fourth-order valence-corrected chi connectivity index (χ4v) is 3.22. The van der Waals surface area contributed by atoms with Crippen LogP contribution in [-0.4, -0.2) is 25.7 Å². The average molecular weight is 364 g/mol. The van der Waals surface area contributed by atoms with Gasteiger partial charge in [-0.1, -0.05) is 0 Å². The molecular weight excluding hydrogens is 340 g/mol. The fourth-order valence-electron chi connectivity index (χ4n) is 3.22. The van der Waals surface area contributed by atoms with Gasteiger partial charge in [-0.25, -0.2) is 14.6 Å². The molecule has 1 saturated carbocycles. The van der Waals surface area contributed by atoms with E-state index in [0.717, 1.165) is 35.3 Å². The van der Waals surface area contributed by atoms with Gasteiger partial charge in [0.05, 0.1) is 34.1 Å². The van der Waals surface area contributed by atoms with Crippen LogP contribution < -0.4 is 11.1 Å². The van der Waals surface area contributed by atoms with Gasteiger partial charge in [0.15, 0.2) is 5.65 Å². The number of carbonyl (C=O) groups is 1. The molecule has 7 nitrogen and oxygen atoms in total. The van der Waals surface area contributed by atoms with E-state index in [0.29, 0.717) is 23.0 Å². The Morgan fingerprint density at radius 2 is 2.04 bits per heavy atom. The van der Waals surface area contributed by atoms with Crippen molar-refractivity contribution in [2.75, 3.05) is 11.1 Å². The highest BCUT2D eigenvalue weighted by atomic mass is 16.1. The fraction of sp³-hybridized carbons (Fsp3) is 0.400. The molecule has 140 valence electrons. The van der Waals surface area contributed by atoms with Crippen LogP contribution in [0.4, 0.5) is 11.5 Å². The zero-order valence-corrected chi connectivity index (χ0v) is 16.1. The number of nitrogen functional groups attached to an aromatic ring is 1. The largest absolute Gasteiger partial charge is 0.384 e. The van der Waals surface area contributed by atoms with E-state index >= 15 is 0 Å². The number of aromatic nitrogens is 4. The van der Waals surface area contributed by atoms with Crippen molar-refractivity contribution >= 4 is 28.4 Å². The number of hydrogen-bond acceptors (Lipinski definition) is 5. The van der Waals surface area contributed by atoms with Crippen LogP contribution in [0.25, 0.3) is 11.0 Å². The van der Waals surface area contributed by atoms with Gasteiger partial charge >= 0.3 is 0 Å². The highest BCUT2D eigenvalue weighted by molar-refractivity contribution is 6.12. The van der Waals surface area contributed by atoms with Gasteiger partial charge in [0.25, 0.3) is 5.91 Å². The van der Waals surface area contributed by atoms with Crippen LogP contribution in [0.3, 0.4) is 0 Å². The Morgan fingerprint density at radius 3 is 2.63 bits per heavy atom. The third-order valence-corrected chi connectivity index (χ3v) is 4.75. The van der Waals surface area contributed by atoms with Crippen molar-refractivity contribution in [3.63, 3.8) is 0 Å². The Morgan fingerprint density at radius 1 is 1.30 bits per heavy atom. The van der Waals surface area contributed by atoms with Crippen molar-refractivity contribution in [3.8, 4) is 0 Å². The Balaban J connectivity index is 1.84. The summed E-state index contributed by atoms with van der Waals surface area (Å²) in [4.78, 5) is 22.0. The van der Waals surface area contributed by atoms with Crippen molar-refractivity contribution in [1.82, 2.24) is 19.7 Å². The first-order valence-electron chi connectivity index (χ1n) is 9.17. The maximum absolute atomic E-state index is 13.1. The van der Waals surface area contributed by atoms with Crippen LogP contribution in [0.1, 0.15) is 61.3 Å². The second-order valence-electron chi connectivity index (χ2n) is 8.16. The topological polar surface area (TPSA) is 98.7 Å². The van der Waals surface area contributed by atoms with Crippen LogP contribution in [0, 0.1) is 6.92 Å². The molecule has 0 atom stereocenters. The summed E-state index contributed by atoms with van der Waals surface area (Å²) in [5.41, 5.74) is 9.14. The van der Waals surface area contributed by atoms with E-state index in [1.54, 1.807) is 18.3 Å². The van der Waals surface area contributed by atoms with Gasteiger partial charge in [-0.05, 0) is 58.7 Å². The monoisotopic (exact) mass is 364 g/mol. The number of fused-ring (bicyclic) bond motifs is 1. The van der Waals surface area contributed by atoms with Gasteiger partial charge in [0, 0.05) is 11.6 Å². The summed E-state index contributed by atoms with van der Waals surface area (Å²) < 4.78 is 1.92. The molecule has 1 fully saturated rings. The Kier molecular flexibility index (Phi) is 3.91. The minimum atomic E-state index is -0.226. The van der Waals surface area contributed by atoms with E-state index < -0.39 is 0 Å². The zero-order valence-electron chi connectivity index (χ0n) is 16.1. The molecule has 0 saturated heterocycles. The van der Waals surface area contributed by atoms with Gasteiger partial charge < -0.3 is 11.1 Å². The minimum absolute atomic E-state index is 0.188. The molecule has 0 bridgehead atoms. The maximum Gasteiger partial charge on any atom is 0.256 e. The summed E-state index contributed by atoms with van der Waals surface area (Å²) in [6, 6.07) is 5.32. The summed E-state index contributed by atoms with van der Waals surface area (Å²) in [5.74, 6) is 0.660. The summed E-state index contributed by atoms with van der Waals surface area (Å²) in [5, 5.41) is 8.41. The van der Waals surface area contributed by atoms with E-state index in [2.05, 4.69) is 36.2 Å². The molecule has 0 radical (unpaired) electrons. The normalized spacial score (nSPS) is 14.5. The van der Waals surface area contributed by atoms with Crippen LogP contribution in [0.15, 0.2) is 24.4 Å². The number of amides is 1. The zero-order chi connectivity index (χ0) is 19.3. The van der Waals surface area contributed by atoms with Gasteiger partial charge in [0.2, 0.25) is 0 Å². The van der Waals surface area contributed by atoms with Gasteiger partial charge in [-0.2, -0.15) is 5.10 Å². The number of rotatable bonds is 3. The first kappa shape index (κ1) is 17.5. The molecule has 1 aliphatic carbocycles. The second kappa shape index (κ2) is 6.04. The lowest BCUT2D eigenvalue weighted by Crippen LogP contribution is -2.23. The number of anilines is 2. The maximum atomic E-state index is 13.1. The summed E-state index contributed by atoms with van der Waals surface area (Å²) in [6.45, 7) is 8.18. The van der Waals surface area contributed by atoms with Gasteiger partial charge in [0.1, 0.15) is 5.82 Å². The SMILES string of the molecule is Cc1nn(C(C)(C)C)c2nc(C3CC3)cc(C(=O)Nc3ccc(N)nc3)c12. The molecule has 4 rings (SSSR count). The first-order valence-corrected chi connectivity index (χ1v) is 9.17. The number of nitrogens with one attached hydrogen (secondary N) is 1. The van der Waals surface area contributed by atoms with Crippen molar-refractivity contribution in [2.45, 2.75) is 52.0 Å². The van der Waals surface area contributed by atoms with Crippen molar-refractivity contribution < 1.29 is 4.79 Å². The lowest BCUT2D eigenvalue weighted by Gasteiger charge is -2.20. The predicted octanol–water partition coefficient (Wildman–Crippen LogP) is 3.60. The second-order valence-corrected chi connectivity index (χ2v) is 8.16. The van der Waals surface area contributed by atoms with Gasteiger partial charge in [-0.3, -0.25) is 4.79 Å². The van der Waals surface area contributed by atoms with Crippen molar-refractivity contribution in [3.05, 3.63) is 41.3 Å². The number of aryl methyl sites for hydroxylation is 1. The number of pyridine rings is 2. The van der Waals surface area contributed by atoms with Crippen molar-refractivity contribution in [2.24, 2.45) is 0 Å². The summed E-state index contributed by atoms with van der Waals surface area (Å²) in [6.07, 6.45) is 3.78. The number of hydrogen-bond donors (Lipinski definition) is 2. The first-order chi connectivity index (χ1) is 12.7. The molecule has 0 aromatic carbocycles. The van der Waals surface area contributed by atoms with E-state index in [-0.39, 0.29) is 11.4 Å². The standard InChI is InChI=1S/C20H24N6O/c1-11-17-14(19(27)23-13-7-8-16(21)22-10-13)9-15(12-5-6-12)24-18(17)26(25-11)20(2,3)4/h7-10,12H,5-6H2,1-4H3,(H2,21,22)(H,23,27). The van der Waals surface area contributed by atoms with E-state index in [1.165, 1.54) is 0 Å². The Hall–Kier alpha value is -2.96. The molecule has 3 aromatic rings. The number of nitrogens with two attached hydrogens (primary N) is 1. The van der Waals surface area contributed by atoms with E-state index in [1.807, 2.05) is 17.7 Å². The lowest BCUT2D eigenvalue weighted by atomic mass is 10.1. The smallest absolute Gasteiger partial charge is 0.256 e. The molecule has 3 aromatic heterocycles. The van der Waals surface area contributed by atoms with Crippen molar-refractivity contribution in [1.29, 1.82) is 0 Å². The van der Waals surface area contributed by atoms with Crippen LogP contribution in [-0.2, 0) is 5.54 Å². The molecule has 1 aliphatic rings. The van der Waals surface area contributed by atoms with Crippen LogP contribution in [0.2, 0.25) is 0 Å². The van der Waals surface area contributed by atoms with Crippen LogP contribution >= 0.6 is 0 Å². The third kappa shape index (κ3) is 3.25. The van der Waals surface area contributed by atoms with Gasteiger partial charge in [-0.15, -0.1) is 0 Å². The molecule has 0 aliphatic heterocycles. The Labute approximate surface area is 158 Å². The molecule has 27 heavy (non-hydrogen) atoms.